The van der Waals surface area contributed by atoms with Gasteiger partial charge in [-0.05, 0) is 31.9 Å². The van der Waals surface area contributed by atoms with Gasteiger partial charge < -0.3 is 21.3 Å². The predicted octanol–water partition coefficient (Wildman–Crippen LogP) is 1.30. The average molecular weight is 318 g/mol. The Kier molecular flexibility index (Phi) is 5.60. The van der Waals surface area contributed by atoms with Gasteiger partial charge in [0.2, 0.25) is 5.91 Å². The lowest BCUT2D eigenvalue weighted by atomic mass is 9.98. The molecule has 3 atom stereocenters. The largest absolute Gasteiger partial charge is 0.352 e. The van der Waals surface area contributed by atoms with E-state index in [0.717, 1.165) is 11.1 Å². The van der Waals surface area contributed by atoms with Crippen LogP contribution in [0.3, 0.4) is 0 Å². The minimum Gasteiger partial charge on any atom is -0.352 e. The van der Waals surface area contributed by atoms with E-state index in [1.807, 2.05) is 36.1 Å². The third kappa shape index (κ3) is 4.69. The van der Waals surface area contributed by atoms with E-state index in [9.17, 15) is 9.59 Å². The molecule has 0 bridgehead atoms. The number of benzene rings is 1. The highest BCUT2D eigenvalue weighted by atomic mass is 16.2. The van der Waals surface area contributed by atoms with Crippen LogP contribution in [-0.2, 0) is 4.79 Å². The zero-order chi connectivity index (χ0) is 17.0. The van der Waals surface area contributed by atoms with Gasteiger partial charge in [-0.15, -0.1) is 0 Å². The number of rotatable bonds is 4. The Morgan fingerprint density at radius 2 is 1.91 bits per heavy atom. The van der Waals surface area contributed by atoms with Crippen LogP contribution in [0.5, 0.6) is 0 Å². The van der Waals surface area contributed by atoms with Crippen molar-refractivity contribution in [2.45, 2.75) is 45.3 Å². The maximum absolute atomic E-state index is 12.7. The van der Waals surface area contributed by atoms with Crippen LogP contribution >= 0.6 is 0 Å². The standard InChI is InChI=1S/C17H26N4O2/c1-11-6-4-5-7-14(11)15(20-17(18)23)8-16(22)21-9-12(2)19-13(3)10-21/h4-7,12-13,15,19H,8-10H2,1-3H3,(H3,18,20,23)/t12-,13+,15-/m1/s1. The van der Waals surface area contributed by atoms with Crippen molar-refractivity contribution in [2.75, 3.05) is 13.1 Å². The number of nitrogens with zero attached hydrogens (tertiary/aromatic N) is 1. The molecule has 1 heterocycles. The summed E-state index contributed by atoms with van der Waals surface area (Å²) in [4.78, 5) is 25.9. The number of amides is 3. The first-order valence-corrected chi connectivity index (χ1v) is 8.02. The van der Waals surface area contributed by atoms with Gasteiger partial charge in [0.1, 0.15) is 0 Å². The average Bonchev–Trinajstić information content (AvgIpc) is 2.45. The fourth-order valence-electron chi connectivity index (χ4n) is 3.22. The molecule has 6 nitrogen and oxygen atoms in total. The van der Waals surface area contributed by atoms with Crippen molar-refractivity contribution >= 4 is 11.9 Å². The molecule has 0 aliphatic carbocycles. The molecule has 1 aromatic rings. The van der Waals surface area contributed by atoms with Crippen LogP contribution in [-0.4, -0.2) is 42.0 Å². The summed E-state index contributed by atoms with van der Waals surface area (Å²) in [7, 11) is 0. The molecule has 0 radical (unpaired) electrons. The van der Waals surface area contributed by atoms with Crippen LogP contribution in [0.1, 0.15) is 37.4 Å². The lowest BCUT2D eigenvalue weighted by molar-refractivity contribution is -0.133. The minimum atomic E-state index is -0.617. The Morgan fingerprint density at radius 1 is 1.30 bits per heavy atom. The molecule has 126 valence electrons. The van der Waals surface area contributed by atoms with E-state index >= 15 is 0 Å². The molecule has 1 fully saturated rings. The molecule has 0 aromatic heterocycles. The van der Waals surface area contributed by atoms with E-state index < -0.39 is 12.1 Å². The van der Waals surface area contributed by atoms with Gasteiger partial charge in [-0.3, -0.25) is 4.79 Å². The van der Waals surface area contributed by atoms with Crippen LogP contribution in [0.2, 0.25) is 0 Å². The van der Waals surface area contributed by atoms with Crippen LogP contribution < -0.4 is 16.4 Å². The molecular formula is C17H26N4O2. The number of piperazine rings is 1. The number of nitrogens with one attached hydrogen (secondary N) is 2. The molecule has 1 saturated heterocycles. The van der Waals surface area contributed by atoms with Crippen molar-refractivity contribution in [2.24, 2.45) is 5.73 Å². The normalized spacial score (nSPS) is 22.5. The first-order chi connectivity index (χ1) is 10.9. The molecule has 1 aliphatic heterocycles. The van der Waals surface area contributed by atoms with Crippen molar-refractivity contribution in [1.29, 1.82) is 0 Å². The third-order valence-electron chi connectivity index (χ3n) is 4.17. The number of aryl methyl sites for hydroxylation is 1. The zero-order valence-corrected chi connectivity index (χ0v) is 14.0. The molecule has 2 rings (SSSR count). The molecule has 3 amide bonds. The molecule has 0 saturated carbocycles. The van der Waals surface area contributed by atoms with Crippen molar-refractivity contribution in [3.63, 3.8) is 0 Å². The van der Waals surface area contributed by atoms with Crippen LogP contribution in [0.15, 0.2) is 24.3 Å². The highest BCUT2D eigenvalue weighted by Gasteiger charge is 2.27. The summed E-state index contributed by atoms with van der Waals surface area (Å²) in [5, 5.41) is 6.11. The molecule has 1 aliphatic rings. The van der Waals surface area contributed by atoms with E-state index in [2.05, 4.69) is 24.5 Å². The highest BCUT2D eigenvalue weighted by Crippen LogP contribution is 2.22. The van der Waals surface area contributed by atoms with Crippen LogP contribution in [0, 0.1) is 6.92 Å². The highest BCUT2D eigenvalue weighted by molar-refractivity contribution is 5.79. The lowest BCUT2D eigenvalue weighted by Gasteiger charge is -2.37. The van der Waals surface area contributed by atoms with Gasteiger partial charge in [0.25, 0.3) is 0 Å². The second kappa shape index (κ2) is 7.46. The molecule has 6 heteroatoms. The van der Waals surface area contributed by atoms with Gasteiger partial charge in [-0.2, -0.15) is 0 Å². The molecule has 0 unspecified atom stereocenters. The van der Waals surface area contributed by atoms with Gasteiger partial charge in [0, 0.05) is 25.2 Å². The first kappa shape index (κ1) is 17.3. The van der Waals surface area contributed by atoms with E-state index in [0.29, 0.717) is 13.1 Å². The number of primary amides is 1. The monoisotopic (exact) mass is 318 g/mol. The maximum atomic E-state index is 12.7. The summed E-state index contributed by atoms with van der Waals surface area (Å²) in [5.41, 5.74) is 7.25. The summed E-state index contributed by atoms with van der Waals surface area (Å²) >= 11 is 0. The Morgan fingerprint density at radius 3 is 2.48 bits per heavy atom. The smallest absolute Gasteiger partial charge is 0.312 e. The van der Waals surface area contributed by atoms with Gasteiger partial charge >= 0.3 is 6.03 Å². The number of hydrogen-bond acceptors (Lipinski definition) is 3. The fourth-order valence-corrected chi connectivity index (χ4v) is 3.22. The quantitative estimate of drug-likeness (QED) is 0.782. The van der Waals surface area contributed by atoms with E-state index in [4.69, 9.17) is 5.73 Å². The zero-order valence-electron chi connectivity index (χ0n) is 14.0. The molecule has 4 N–H and O–H groups in total. The molecule has 0 spiro atoms. The lowest BCUT2D eigenvalue weighted by Crippen LogP contribution is -2.56. The number of urea groups is 1. The summed E-state index contributed by atoms with van der Waals surface area (Å²) in [6, 6.07) is 7.23. The van der Waals surface area contributed by atoms with Crippen molar-refractivity contribution in [1.82, 2.24) is 15.5 Å². The van der Waals surface area contributed by atoms with Gasteiger partial charge in [-0.1, -0.05) is 24.3 Å². The summed E-state index contributed by atoms with van der Waals surface area (Å²) in [6.45, 7) is 7.46. The minimum absolute atomic E-state index is 0.0344. The SMILES string of the molecule is Cc1ccccc1[C@@H](CC(=O)N1C[C@@H](C)N[C@@H](C)C1)NC(N)=O. The van der Waals surface area contributed by atoms with Gasteiger partial charge in [0.15, 0.2) is 0 Å². The molecule has 23 heavy (non-hydrogen) atoms. The summed E-state index contributed by atoms with van der Waals surface area (Å²) < 4.78 is 0. The Bertz CT molecular complexity index is 565. The second-order valence-electron chi connectivity index (χ2n) is 6.39. The molecule has 1 aromatic carbocycles. The third-order valence-corrected chi connectivity index (χ3v) is 4.17. The molecular weight excluding hydrogens is 292 g/mol. The second-order valence-corrected chi connectivity index (χ2v) is 6.39. The van der Waals surface area contributed by atoms with E-state index in [1.165, 1.54) is 0 Å². The van der Waals surface area contributed by atoms with Gasteiger partial charge in [0.05, 0.1) is 12.5 Å². The van der Waals surface area contributed by atoms with E-state index in [1.54, 1.807) is 0 Å². The maximum Gasteiger partial charge on any atom is 0.312 e. The van der Waals surface area contributed by atoms with Crippen molar-refractivity contribution in [3.8, 4) is 0 Å². The number of carbonyl (C=O) groups excluding carboxylic acids is 2. The Balaban J connectivity index is 2.13. The van der Waals surface area contributed by atoms with Crippen molar-refractivity contribution in [3.05, 3.63) is 35.4 Å². The first-order valence-electron chi connectivity index (χ1n) is 8.02. The van der Waals surface area contributed by atoms with Crippen LogP contribution in [0.4, 0.5) is 4.79 Å². The van der Waals surface area contributed by atoms with E-state index in [-0.39, 0.29) is 24.4 Å². The summed E-state index contributed by atoms with van der Waals surface area (Å²) in [5.74, 6) is 0.0344. The van der Waals surface area contributed by atoms with Crippen LogP contribution in [0.25, 0.3) is 0 Å². The fraction of sp³-hybridized carbons (Fsp3) is 0.529. The Hall–Kier alpha value is -2.08. The number of hydrogen-bond donors (Lipinski definition) is 3. The number of nitrogens with two attached hydrogens (primary N) is 1. The topological polar surface area (TPSA) is 87.5 Å². The number of carbonyl (C=O) groups is 2. The van der Waals surface area contributed by atoms with Gasteiger partial charge in [-0.25, -0.2) is 4.79 Å². The Labute approximate surface area is 137 Å². The predicted molar refractivity (Wildman–Crippen MR) is 89.9 cm³/mol. The summed E-state index contributed by atoms with van der Waals surface area (Å²) in [6.07, 6.45) is 0.216. The van der Waals surface area contributed by atoms with Crippen molar-refractivity contribution < 1.29 is 9.59 Å².